The smallest absolute Gasteiger partial charge is 0.246 e. The maximum Gasteiger partial charge on any atom is 0.246 e. The fourth-order valence-electron chi connectivity index (χ4n) is 4.05. The third-order valence-corrected chi connectivity index (χ3v) is 5.68. The highest BCUT2D eigenvalue weighted by atomic mass is 16.5. The molecule has 0 aliphatic carbocycles. The minimum absolute atomic E-state index is 0.0148. The molecule has 2 unspecified atom stereocenters. The summed E-state index contributed by atoms with van der Waals surface area (Å²) >= 11 is 0. The first-order chi connectivity index (χ1) is 17.2. The molecule has 11 heteroatoms. The van der Waals surface area contributed by atoms with Crippen LogP contribution < -0.4 is 38.0 Å². The number of benzene rings is 2. The van der Waals surface area contributed by atoms with Gasteiger partial charge in [-0.15, -0.1) is 0 Å². The van der Waals surface area contributed by atoms with E-state index in [0.717, 1.165) is 5.56 Å². The molecule has 2 atom stereocenters. The van der Waals surface area contributed by atoms with Gasteiger partial charge in [0.25, 0.3) is 0 Å². The quantitative estimate of drug-likeness (QED) is 0.104. The molecule has 2 aromatic rings. The van der Waals surface area contributed by atoms with Crippen molar-refractivity contribution in [3.63, 3.8) is 0 Å². The van der Waals surface area contributed by atoms with Crippen LogP contribution in [-0.4, -0.2) is 41.8 Å². The summed E-state index contributed by atoms with van der Waals surface area (Å²) in [7, 11) is 0. The highest BCUT2D eigenvalue weighted by molar-refractivity contribution is 5.94. The predicted octanol–water partition coefficient (Wildman–Crippen LogP) is 1.02. The van der Waals surface area contributed by atoms with E-state index in [1.807, 2.05) is 18.9 Å². The van der Waals surface area contributed by atoms with Gasteiger partial charge in [-0.05, 0) is 17.7 Å². The molecule has 2 amide bonds. The summed E-state index contributed by atoms with van der Waals surface area (Å²) in [5.41, 5.74) is 22.7. The number of carbonyl (C=O) groups is 2. The summed E-state index contributed by atoms with van der Waals surface area (Å²) in [5, 5.41) is 15.0. The number of nitrogens with two attached hydrogens (primary N) is 3. The molecule has 1 aliphatic heterocycles. The van der Waals surface area contributed by atoms with Crippen molar-refractivity contribution in [1.82, 2.24) is 21.1 Å². The van der Waals surface area contributed by atoms with Crippen molar-refractivity contribution in [2.75, 3.05) is 24.6 Å². The Morgan fingerprint density at radius 3 is 2.39 bits per heavy atom. The van der Waals surface area contributed by atoms with E-state index in [4.69, 9.17) is 27.3 Å². The number of ether oxygens (including phenoxy) is 1. The number of hydrogen-bond donors (Lipinski definition) is 7. The molecule has 1 heterocycles. The summed E-state index contributed by atoms with van der Waals surface area (Å²) in [5.74, 6) is -0.387. The Morgan fingerprint density at radius 2 is 1.81 bits per heavy atom. The average molecular weight is 495 g/mol. The lowest BCUT2D eigenvalue weighted by molar-refractivity contribution is -0.131. The number of rotatable bonds is 11. The Bertz CT molecular complexity index is 1110. The normalized spacial score (nSPS) is 17.3. The molecule has 0 saturated heterocycles. The third-order valence-electron chi connectivity index (χ3n) is 5.68. The topological polar surface area (TPSA) is 185 Å². The van der Waals surface area contributed by atoms with Crippen LogP contribution >= 0.6 is 0 Å². The monoisotopic (exact) mass is 494 g/mol. The first-order valence-corrected chi connectivity index (χ1v) is 11.8. The molecule has 0 aromatic heterocycles. The molecular weight excluding hydrogens is 460 g/mol. The number of carbonyl (C=O) groups excluding carboxylic acids is 2. The van der Waals surface area contributed by atoms with Crippen LogP contribution in [-0.2, 0) is 16.1 Å². The second-order valence-electron chi connectivity index (χ2n) is 8.46. The van der Waals surface area contributed by atoms with Gasteiger partial charge in [0.2, 0.25) is 11.8 Å². The van der Waals surface area contributed by atoms with Crippen molar-refractivity contribution in [3.05, 3.63) is 65.6 Å². The van der Waals surface area contributed by atoms with Gasteiger partial charge in [-0.3, -0.25) is 25.7 Å². The summed E-state index contributed by atoms with van der Waals surface area (Å²) in [6.07, 6.45) is 1.81. The lowest BCUT2D eigenvalue weighted by Gasteiger charge is -2.37. The zero-order chi connectivity index (χ0) is 26.2. The molecule has 10 N–H and O–H groups in total. The SMILES string of the molecule is CCNN(CC)C1C(=O)NC(Oc2cc(N)cc(N)c2)=CC1CC(=O)NCc1ccc(C(=N)N)cc1. The van der Waals surface area contributed by atoms with E-state index in [1.54, 1.807) is 48.5 Å². The number of nitrogens with zero attached hydrogens (tertiary/aromatic N) is 1. The van der Waals surface area contributed by atoms with Crippen molar-refractivity contribution >= 4 is 29.0 Å². The second kappa shape index (κ2) is 12.0. The maximum atomic E-state index is 13.1. The van der Waals surface area contributed by atoms with E-state index in [0.29, 0.717) is 42.3 Å². The van der Waals surface area contributed by atoms with Crippen LogP contribution in [0.1, 0.15) is 31.4 Å². The van der Waals surface area contributed by atoms with Gasteiger partial charge in [-0.2, -0.15) is 0 Å². The highest BCUT2D eigenvalue weighted by Crippen LogP contribution is 2.26. The Balaban J connectivity index is 1.76. The first-order valence-electron chi connectivity index (χ1n) is 11.8. The van der Waals surface area contributed by atoms with Crippen LogP contribution in [0.15, 0.2) is 54.4 Å². The van der Waals surface area contributed by atoms with Gasteiger partial charge < -0.3 is 27.3 Å². The number of nitrogens with one attached hydrogen (secondary N) is 4. The molecular formula is C25H34N8O3. The molecule has 3 rings (SSSR count). The zero-order valence-corrected chi connectivity index (χ0v) is 20.5. The van der Waals surface area contributed by atoms with Gasteiger partial charge in [0.1, 0.15) is 17.6 Å². The van der Waals surface area contributed by atoms with Gasteiger partial charge >= 0.3 is 0 Å². The first kappa shape index (κ1) is 26.5. The van der Waals surface area contributed by atoms with Crippen molar-refractivity contribution in [2.24, 2.45) is 11.7 Å². The molecule has 0 spiro atoms. The minimum Gasteiger partial charge on any atom is -0.441 e. The van der Waals surface area contributed by atoms with E-state index in [-0.39, 0.29) is 30.0 Å². The molecule has 1 aliphatic rings. The molecule has 0 bridgehead atoms. The fourth-order valence-corrected chi connectivity index (χ4v) is 4.05. The lowest BCUT2D eigenvalue weighted by atomic mass is 9.91. The van der Waals surface area contributed by atoms with Crippen molar-refractivity contribution in [1.29, 1.82) is 5.41 Å². The van der Waals surface area contributed by atoms with Crippen molar-refractivity contribution in [2.45, 2.75) is 32.9 Å². The van der Waals surface area contributed by atoms with Crippen LogP contribution in [0.5, 0.6) is 5.75 Å². The van der Waals surface area contributed by atoms with Crippen LogP contribution in [0.4, 0.5) is 11.4 Å². The number of amides is 2. The number of hydrazine groups is 1. The molecule has 0 radical (unpaired) electrons. The van der Waals surface area contributed by atoms with Gasteiger partial charge in [0, 0.05) is 61.0 Å². The fraction of sp³-hybridized carbons (Fsp3) is 0.320. The molecule has 0 saturated carbocycles. The largest absolute Gasteiger partial charge is 0.441 e. The van der Waals surface area contributed by atoms with E-state index in [2.05, 4.69) is 16.1 Å². The Kier molecular flexibility index (Phi) is 8.87. The van der Waals surface area contributed by atoms with Gasteiger partial charge in [-0.25, -0.2) is 5.01 Å². The third kappa shape index (κ3) is 6.96. The molecule has 0 fully saturated rings. The highest BCUT2D eigenvalue weighted by Gasteiger charge is 2.37. The minimum atomic E-state index is -0.617. The summed E-state index contributed by atoms with van der Waals surface area (Å²) < 4.78 is 5.85. The average Bonchev–Trinajstić information content (AvgIpc) is 2.81. The number of likely N-dealkylation sites (N-methyl/N-ethyl adjacent to an activating group) is 1. The van der Waals surface area contributed by atoms with E-state index in [1.165, 1.54) is 0 Å². The van der Waals surface area contributed by atoms with E-state index < -0.39 is 12.0 Å². The Hall–Kier alpha value is -4.09. The van der Waals surface area contributed by atoms with Crippen LogP contribution in [0.2, 0.25) is 0 Å². The Labute approximate surface area is 210 Å². The van der Waals surface area contributed by atoms with Crippen molar-refractivity contribution in [3.8, 4) is 5.75 Å². The van der Waals surface area contributed by atoms with Gasteiger partial charge in [0.05, 0.1) is 0 Å². The maximum absolute atomic E-state index is 13.1. The molecule has 36 heavy (non-hydrogen) atoms. The van der Waals surface area contributed by atoms with Gasteiger partial charge in [-0.1, -0.05) is 38.1 Å². The van der Waals surface area contributed by atoms with Crippen molar-refractivity contribution < 1.29 is 14.3 Å². The van der Waals surface area contributed by atoms with Crippen LogP contribution in [0.25, 0.3) is 0 Å². The standard InChI is InChI=1S/C25H34N8O3/c1-3-31-33(4-2)23-17(9-21(34)30-14-15-5-7-16(8-6-15)24(28)29)10-22(32-25(23)35)36-20-12-18(26)11-19(27)13-20/h5-8,10-13,17,23,31H,3-4,9,14,26-27H2,1-2H3,(H3,28,29)(H,30,34)(H,32,35). The lowest BCUT2D eigenvalue weighted by Crippen LogP contribution is -2.58. The Morgan fingerprint density at radius 1 is 1.14 bits per heavy atom. The summed E-state index contributed by atoms with van der Waals surface area (Å²) in [4.78, 5) is 26.0. The number of nitrogen functional groups attached to an aromatic ring is 3. The van der Waals surface area contributed by atoms with Crippen LogP contribution in [0, 0.1) is 11.3 Å². The molecule has 11 nitrogen and oxygen atoms in total. The van der Waals surface area contributed by atoms with E-state index in [9.17, 15) is 9.59 Å². The summed E-state index contributed by atoms with van der Waals surface area (Å²) in [6.45, 7) is 5.37. The predicted molar refractivity (Wildman–Crippen MR) is 139 cm³/mol. The number of amidine groups is 1. The molecule has 192 valence electrons. The second-order valence-corrected chi connectivity index (χ2v) is 8.46. The number of hydrogen-bond acceptors (Lipinski definition) is 8. The van der Waals surface area contributed by atoms with Gasteiger partial charge in [0.15, 0.2) is 5.88 Å². The molecule has 2 aromatic carbocycles. The zero-order valence-electron chi connectivity index (χ0n) is 20.5. The summed E-state index contributed by atoms with van der Waals surface area (Å²) in [6, 6.07) is 11.3. The van der Waals surface area contributed by atoms with Crippen LogP contribution in [0.3, 0.4) is 0 Å². The number of anilines is 2. The van der Waals surface area contributed by atoms with E-state index >= 15 is 0 Å².